The molecule has 2 saturated carbocycles. The summed E-state index contributed by atoms with van der Waals surface area (Å²) in [5.41, 5.74) is 5.37. The van der Waals surface area contributed by atoms with Crippen LogP contribution in [0, 0.1) is 5.92 Å². The number of anilines is 1. The lowest BCUT2D eigenvalue weighted by Gasteiger charge is -2.10. The predicted octanol–water partition coefficient (Wildman–Crippen LogP) is 4.05. The highest BCUT2D eigenvalue weighted by Gasteiger charge is 2.43. The minimum Gasteiger partial charge on any atom is -0.346 e. The third-order valence-corrected chi connectivity index (χ3v) is 5.69. The molecule has 0 radical (unpaired) electrons. The molecular weight excluding hydrogens is 357 g/mol. The number of rotatable bonds is 4. The van der Waals surface area contributed by atoms with Crippen LogP contribution in [0.15, 0.2) is 42.9 Å². The van der Waals surface area contributed by atoms with Crippen LogP contribution in [0.4, 0.5) is 10.2 Å². The normalized spacial score (nSPS) is 21.3. The summed E-state index contributed by atoms with van der Waals surface area (Å²) in [6.45, 7) is 0. The molecule has 0 bridgehead atoms. The van der Waals surface area contributed by atoms with Crippen molar-refractivity contribution in [1.82, 2.24) is 19.6 Å². The van der Waals surface area contributed by atoms with E-state index in [1.165, 1.54) is 23.8 Å². The Balaban J connectivity index is 1.39. The summed E-state index contributed by atoms with van der Waals surface area (Å²) in [6.07, 6.45) is 7.46. The Hall–Kier alpha value is -3.22. The van der Waals surface area contributed by atoms with Gasteiger partial charge in [-0.2, -0.15) is 5.10 Å². The Morgan fingerprint density at radius 2 is 2.14 bits per heavy atom. The van der Waals surface area contributed by atoms with Crippen LogP contribution in [0.5, 0.6) is 0 Å². The van der Waals surface area contributed by atoms with Gasteiger partial charge in [0.25, 0.3) is 0 Å². The highest BCUT2D eigenvalue weighted by molar-refractivity contribution is 5.94. The van der Waals surface area contributed by atoms with Gasteiger partial charge in [0.1, 0.15) is 11.8 Å². The first-order valence-corrected chi connectivity index (χ1v) is 9.58. The maximum absolute atomic E-state index is 13.1. The molecule has 7 heteroatoms. The van der Waals surface area contributed by atoms with Gasteiger partial charge in [-0.1, -0.05) is 0 Å². The van der Waals surface area contributed by atoms with Crippen LogP contribution in [-0.2, 0) is 4.79 Å². The van der Waals surface area contributed by atoms with Crippen LogP contribution >= 0.6 is 0 Å². The molecule has 140 valence electrons. The average Bonchev–Trinajstić information content (AvgIpc) is 3.56. The number of nitrogens with zero attached hydrogens (tertiary/aromatic N) is 3. The fourth-order valence-electron chi connectivity index (χ4n) is 3.95. The second-order valence-electron chi connectivity index (χ2n) is 7.76. The minimum absolute atomic E-state index is 0.297. The van der Waals surface area contributed by atoms with Gasteiger partial charge in [0.2, 0.25) is 5.91 Å². The fourth-order valence-corrected chi connectivity index (χ4v) is 3.95. The second kappa shape index (κ2) is 5.64. The van der Waals surface area contributed by atoms with E-state index in [0.29, 0.717) is 18.2 Å². The average molecular weight is 375 g/mol. The highest BCUT2D eigenvalue weighted by Crippen LogP contribution is 2.47. The standard InChI is InChI=1S/C21H18FN5O/c22-17-9-15(17)21(28)25-18-8-13-7-12(4-6-27(13)26-18)16-10-24-20-14(3-5-23-20)19(16)11-1-2-11/h3-8,10-11,15,17H,1-2,9H2,(H,23,24)(H,25,26,28)/t15-,17+/m1/s1. The number of nitrogens with one attached hydrogen (secondary N) is 2. The van der Waals surface area contributed by atoms with Crippen molar-refractivity contribution in [2.75, 3.05) is 5.32 Å². The zero-order valence-corrected chi connectivity index (χ0v) is 15.0. The fraction of sp³-hybridized carbons (Fsp3) is 0.286. The van der Waals surface area contributed by atoms with Crippen molar-refractivity contribution in [3.05, 3.63) is 48.4 Å². The van der Waals surface area contributed by atoms with E-state index in [0.717, 1.165) is 22.3 Å². The molecule has 6 nitrogen and oxygen atoms in total. The number of pyridine rings is 2. The Morgan fingerprint density at radius 1 is 1.29 bits per heavy atom. The molecule has 2 atom stereocenters. The summed E-state index contributed by atoms with van der Waals surface area (Å²) >= 11 is 0. The summed E-state index contributed by atoms with van der Waals surface area (Å²) in [7, 11) is 0. The molecule has 4 heterocycles. The van der Waals surface area contributed by atoms with Crippen LogP contribution in [0.2, 0.25) is 0 Å². The number of alkyl halides is 1. The molecule has 6 rings (SSSR count). The van der Waals surface area contributed by atoms with E-state index in [9.17, 15) is 9.18 Å². The van der Waals surface area contributed by atoms with E-state index in [-0.39, 0.29) is 5.91 Å². The van der Waals surface area contributed by atoms with Crippen molar-refractivity contribution in [3.8, 4) is 11.1 Å². The van der Waals surface area contributed by atoms with Crippen molar-refractivity contribution in [2.45, 2.75) is 31.4 Å². The lowest BCUT2D eigenvalue weighted by Crippen LogP contribution is -2.15. The number of amides is 1. The van der Waals surface area contributed by atoms with Crippen molar-refractivity contribution in [1.29, 1.82) is 0 Å². The molecule has 4 aromatic heterocycles. The van der Waals surface area contributed by atoms with Gasteiger partial charge in [-0.3, -0.25) is 4.79 Å². The Labute approximate surface area is 159 Å². The van der Waals surface area contributed by atoms with Gasteiger partial charge in [-0.15, -0.1) is 0 Å². The minimum atomic E-state index is -1.01. The summed E-state index contributed by atoms with van der Waals surface area (Å²) in [6, 6.07) is 7.99. The highest BCUT2D eigenvalue weighted by atomic mass is 19.1. The van der Waals surface area contributed by atoms with Crippen LogP contribution in [0.1, 0.15) is 30.7 Å². The molecule has 0 aliphatic heterocycles. The van der Waals surface area contributed by atoms with Crippen LogP contribution in [-0.4, -0.2) is 31.7 Å². The second-order valence-corrected chi connectivity index (χ2v) is 7.76. The van der Waals surface area contributed by atoms with E-state index in [1.54, 1.807) is 4.52 Å². The van der Waals surface area contributed by atoms with Crippen molar-refractivity contribution >= 4 is 28.3 Å². The molecule has 0 spiro atoms. The number of fused-ring (bicyclic) bond motifs is 2. The first kappa shape index (κ1) is 15.8. The molecule has 2 fully saturated rings. The maximum Gasteiger partial charge on any atom is 0.231 e. The molecule has 0 aromatic carbocycles. The topological polar surface area (TPSA) is 75.1 Å². The van der Waals surface area contributed by atoms with E-state index >= 15 is 0 Å². The number of aromatic nitrogens is 4. The van der Waals surface area contributed by atoms with E-state index in [4.69, 9.17) is 0 Å². The molecule has 28 heavy (non-hydrogen) atoms. The smallest absolute Gasteiger partial charge is 0.231 e. The monoisotopic (exact) mass is 375 g/mol. The largest absolute Gasteiger partial charge is 0.346 e. The van der Waals surface area contributed by atoms with Gasteiger partial charge in [0, 0.05) is 35.6 Å². The quantitative estimate of drug-likeness (QED) is 0.565. The summed E-state index contributed by atoms with van der Waals surface area (Å²) in [5, 5.41) is 8.28. The number of carbonyl (C=O) groups excluding carboxylic acids is 1. The summed E-state index contributed by atoms with van der Waals surface area (Å²) in [5.74, 6) is 0.206. The van der Waals surface area contributed by atoms with Gasteiger partial charge in [-0.25, -0.2) is 13.9 Å². The molecule has 4 aromatic rings. The lowest BCUT2D eigenvalue weighted by molar-refractivity contribution is -0.117. The number of hydrogen-bond donors (Lipinski definition) is 2. The molecule has 2 aliphatic carbocycles. The zero-order valence-electron chi connectivity index (χ0n) is 15.0. The third-order valence-electron chi connectivity index (χ3n) is 5.69. The Bertz CT molecular complexity index is 1240. The third kappa shape index (κ3) is 2.50. The number of halogens is 1. The lowest BCUT2D eigenvalue weighted by atomic mass is 9.97. The molecule has 0 unspecified atom stereocenters. The van der Waals surface area contributed by atoms with E-state index in [1.807, 2.05) is 30.7 Å². The molecule has 2 N–H and O–H groups in total. The predicted molar refractivity (Wildman–Crippen MR) is 104 cm³/mol. The van der Waals surface area contributed by atoms with Crippen molar-refractivity contribution < 1.29 is 9.18 Å². The van der Waals surface area contributed by atoms with Gasteiger partial charge >= 0.3 is 0 Å². The molecule has 1 amide bonds. The van der Waals surface area contributed by atoms with Crippen LogP contribution in [0.3, 0.4) is 0 Å². The van der Waals surface area contributed by atoms with E-state index < -0.39 is 12.1 Å². The van der Waals surface area contributed by atoms with Crippen LogP contribution < -0.4 is 5.32 Å². The van der Waals surface area contributed by atoms with Gasteiger partial charge in [0.15, 0.2) is 5.82 Å². The number of carbonyl (C=O) groups is 1. The van der Waals surface area contributed by atoms with Gasteiger partial charge in [0.05, 0.1) is 11.4 Å². The summed E-state index contributed by atoms with van der Waals surface area (Å²) < 4.78 is 14.8. The van der Waals surface area contributed by atoms with Crippen molar-refractivity contribution in [2.24, 2.45) is 5.92 Å². The molecule has 2 aliphatic rings. The number of aromatic amines is 1. The van der Waals surface area contributed by atoms with Gasteiger partial charge < -0.3 is 10.3 Å². The number of hydrogen-bond acceptors (Lipinski definition) is 3. The van der Waals surface area contributed by atoms with Gasteiger partial charge in [-0.05, 0) is 54.5 Å². The van der Waals surface area contributed by atoms with Crippen molar-refractivity contribution in [3.63, 3.8) is 0 Å². The molecule has 0 saturated heterocycles. The number of H-pyrrole nitrogens is 1. The Kier molecular flexibility index (Phi) is 3.18. The van der Waals surface area contributed by atoms with Crippen LogP contribution in [0.25, 0.3) is 27.7 Å². The zero-order chi connectivity index (χ0) is 18.8. The maximum atomic E-state index is 13.1. The Morgan fingerprint density at radius 3 is 2.93 bits per heavy atom. The van der Waals surface area contributed by atoms with E-state index in [2.05, 4.69) is 32.5 Å². The summed E-state index contributed by atoms with van der Waals surface area (Å²) in [4.78, 5) is 19.7. The molecular formula is C21H18FN5O. The SMILES string of the molecule is O=C(Nc1cc2cc(-c3cnc4[nH]ccc4c3C3CC3)ccn2n1)[C@@H]1C[C@@H]1F. The first-order valence-electron chi connectivity index (χ1n) is 9.58. The first-order chi connectivity index (χ1) is 13.7.